The van der Waals surface area contributed by atoms with E-state index in [1.807, 2.05) is 0 Å². The maximum Gasteiger partial charge on any atom is 0.0752 e. The minimum atomic E-state index is 0.389. The molecule has 1 heteroatoms. The summed E-state index contributed by atoms with van der Waals surface area (Å²) in [5.74, 6) is 0. The Bertz CT molecular complexity index is 107. The zero-order chi connectivity index (χ0) is 7.23. The van der Waals surface area contributed by atoms with Crippen LogP contribution in [0.1, 0.15) is 32.1 Å². The summed E-state index contributed by atoms with van der Waals surface area (Å²) >= 11 is 0. The molecule has 0 saturated heterocycles. The summed E-state index contributed by atoms with van der Waals surface area (Å²) in [5, 5.41) is 0. The van der Waals surface area contributed by atoms with E-state index in [0.29, 0.717) is 6.10 Å². The summed E-state index contributed by atoms with van der Waals surface area (Å²) in [6.07, 6.45) is 11.3. The number of hydrogen-bond acceptors (Lipinski definition) is 1. The molecule has 0 saturated carbocycles. The first-order chi connectivity index (χ1) is 4.93. The molecule has 0 bridgehead atoms. The molecule has 1 nitrogen and oxygen atoms in total. The van der Waals surface area contributed by atoms with Gasteiger partial charge >= 0.3 is 0 Å². The second-order valence-corrected chi connectivity index (χ2v) is 2.84. The Labute approximate surface area is 63.1 Å². The lowest BCUT2D eigenvalue weighted by atomic mass is 10.0. The zero-order valence-electron chi connectivity index (χ0n) is 6.68. The van der Waals surface area contributed by atoms with E-state index in [1.165, 1.54) is 32.1 Å². The lowest BCUT2D eigenvalue weighted by Gasteiger charge is -2.12. The fourth-order valence-corrected chi connectivity index (χ4v) is 1.33. The van der Waals surface area contributed by atoms with Crippen LogP contribution in [-0.2, 0) is 4.74 Å². The molecule has 10 heavy (non-hydrogen) atoms. The van der Waals surface area contributed by atoms with Crippen LogP contribution in [0.4, 0.5) is 0 Å². The Hall–Kier alpha value is -0.300. The lowest BCUT2D eigenvalue weighted by Crippen LogP contribution is -2.07. The van der Waals surface area contributed by atoms with Gasteiger partial charge in [-0.25, -0.2) is 0 Å². The minimum absolute atomic E-state index is 0.389. The normalized spacial score (nSPS) is 30.7. The largest absolute Gasteiger partial charge is 0.377 e. The van der Waals surface area contributed by atoms with E-state index >= 15 is 0 Å². The Kier molecular flexibility index (Phi) is 3.52. The molecule has 0 N–H and O–H groups in total. The topological polar surface area (TPSA) is 9.23 Å². The summed E-state index contributed by atoms with van der Waals surface area (Å²) < 4.78 is 5.24. The molecule has 1 rings (SSSR count). The molecule has 1 aliphatic rings. The third-order valence-corrected chi connectivity index (χ3v) is 2.01. The standard InChI is InChI=1S/C9H16O/c1-10-9-7-5-3-2-4-6-8-9/h5,7,9H,2-4,6,8H2,1H3/b7-5-. The van der Waals surface area contributed by atoms with Crippen molar-refractivity contribution in [2.45, 2.75) is 38.2 Å². The second-order valence-electron chi connectivity index (χ2n) is 2.84. The Balaban J connectivity index is 2.33. The quantitative estimate of drug-likeness (QED) is 0.508. The van der Waals surface area contributed by atoms with Crippen LogP contribution >= 0.6 is 0 Å². The molecule has 0 aromatic carbocycles. The van der Waals surface area contributed by atoms with Crippen LogP contribution in [0.3, 0.4) is 0 Å². The van der Waals surface area contributed by atoms with Gasteiger partial charge in [0.2, 0.25) is 0 Å². The van der Waals surface area contributed by atoms with Crippen LogP contribution in [0.2, 0.25) is 0 Å². The highest BCUT2D eigenvalue weighted by Crippen LogP contribution is 2.12. The van der Waals surface area contributed by atoms with Crippen molar-refractivity contribution in [1.29, 1.82) is 0 Å². The minimum Gasteiger partial charge on any atom is -0.377 e. The number of rotatable bonds is 1. The first-order valence-electron chi connectivity index (χ1n) is 4.13. The van der Waals surface area contributed by atoms with E-state index < -0.39 is 0 Å². The highest BCUT2D eigenvalue weighted by molar-refractivity contribution is 4.90. The van der Waals surface area contributed by atoms with Crippen molar-refractivity contribution < 1.29 is 4.74 Å². The molecule has 0 aromatic heterocycles. The van der Waals surface area contributed by atoms with Crippen molar-refractivity contribution in [2.75, 3.05) is 7.11 Å². The van der Waals surface area contributed by atoms with Crippen LogP contribution in [0.25, 0.3) is 0 Å². The molecule has 0 aliphatic heterocycles. The fourth-order valence-electron chi connectivity index (χ4n) is 1.33. The predicted octanol–water partition coefficient (Wildman–Crippen LogP) is 2.52. The van der Waals surface area contributed by atoms with Crippen LogP contribution < -0.4 is 0 Å². The Morgan fingerprint density at radius 3 is 3.00 bits per heavy atom. The van der Waals surface area contributed by atoms with Gasteiger partial charge in [0.05, 0.1) is 6.10 Å². The SMILES string of the molecule is COC1/C=C\CCCCC1. The molecular formula is C9H16O. The summed E-state index contributed by atoms with van der Waals surface area (Å²) in [6.45, 7) is 0. The maximum atomic E-state index is 5.24. The molecule has 0 aromatic rings. The van der Waals surface area contributed by atoms with Gasteiger partial charge in [-0.1, -0.05) is 25.0 Å². The zero-order valence-corrected chi connectivity index (χ0v) is 6.68. The van der Waals surface area contributed by atoms with Crippen molar-refractivity contribution in [3.8, 4) is 0 Å². The summed E-state index contributed by atoms with van der Waals surface area (Å²) in [4.78, 5) is 0. The van der Waals surface area contributed by atoms with Gasteiger partial charge in [0.25, 0.3) is 0 Å². The van der Waals surface area contributed by atoms with E-state index in [-0.39, 0.29) is 0 Å². The molecule has 0 heterocycles. The Morgan fingerprint density at radius 1 is 1.30 bits per heavy atom. The van der Waals surface area contributed by atoms with Crippen molar-refractivity contribution in [2.24, 2.45) is 0 Å². The van der Waals surface area contributed by atoms with Gasteiger partial charge in [-0.2, -0.15) is 0 Å². The molecular weight excluding hydrogens is 124 g/mol. The first-order valence-corrected chi connectivity index (χ1v) is 4.13. The second kappa shape index (κ2) is 4.51. The van der Waals surface area contributed by atoms with E-state index in [2.05, 4.69) is 12.2 Å². The van der Waals surface area contributed by atoms with E-state index in [1.54, 1.807) is 7.11 Å². The lowest BCUT2D eigenvalue weighted by molar-refractivity contribution is 0.129. The number of hydrogen-bond donors (Lipinski definition) is 0. The molecule has 1 aliphatic carbocycles. The van der Waals surface area contributed by atoms with Crippen LogP contribution in [0.15, 0.2) is 12.2 Å². The smallest absolute Gasteiger partial charge is 0.0752 e. The van der Waals surface area contributed by atoms with Gasteiger partial charge in [-0.15, -0.1) is 0 Å². The maximum absolute atomic E-state index is 5.24. The van der Waals surface area contributed by atoms with Gasteiger partial charge in [0.15, 0.2) is 0 Å². The van der Waals surface area contributed by atoms with E-state index in [4.69, 9.17) is 4.74 Å². The molecule has 0 radical (unpaired) electrons. The molecule has 0 spiro atoms. The van der Waals surface area contributed by atoms with Crippen molar-refractivity contribution in [3.63, 3.8) is 0 Å². The first kappa shape index (κ1) is 7.80. The van der Waals surface area contributed by atoms with Crippen molar-refractivity contribution in [3.05, 3.63) is 12.2 Å². The third-order valence-electron chi connectivity index (χ3n) is 2.01. The molecule has 0 amide bonds. The van der Waals surface area contributed by atoms with Gasteiger partial charge in [0, 0.05) is 7.11 Å². The summed E-state index contributed by atoms with van der Waals surface area (Å²) in [5.41, 5.74) is 0. The van der Waals surface area contributed by atoms with Gasteiger partial charge in [-0.3, -0.25) is 0 Å². The molecule has 1 atom stereocenters. The highest BCUT2D eigenvalue weighted by atomic mass is 16.5. The fraction of sp³-hybridized carbons (Fsp3) is 0.778. The monoisotopic (exact) mass is 140 g/mol. The number of ether oxygens (including phenoxy) is 1. The molecule has 58 valence electrons. The molecule has 0 fully saturated rings. The summed E-state index contributed by atoms with van der Waals surface area (Å²) in [6, 6.07) is 0. The summed E-state index contributed by atoms with van der Waals surface area (Å²) in [7, 11) is 1.79. The van der Waals surface area contributed by atoms with Crippen LogP contribution in [-0.4, -0.2) is 13.2 Å². The Morgan fingerprint density at radius 2 is 2.20 bits per heavy atom. The van der Waals surface area contributed by atoms with Crippen LogP contribution in [0, 0.1) is 0 Å². The number of allylic oxidation sites excluding steroid dienone is 1. The van der Waals surface area contributed by atoms with Gasteiger partial charge in [0.1, 0.15) is 0 Å². The van der Waals surface area contributed by atoms with Crippen molar-refractivity contribution >= 4 is 0 Å². The van der Waals surface area contributed by atoms with Gasteiger partial charge < -0.3 is 4.74 Å². The predicted molar refractivity (Wildman–Crippen MR) is 43.0 cm³/mol. The average Bonchev–Trinajstić information content (AvgIpc) is 1.87. The van der Waals surface area contributed by atoms with Gasteiger partial charge in [-0.05, 0) is 19.3 Å². The molecule has 1 unspecified atom stereocenters. The van der Waals surface area contributed by atoms with Crippen LogP contribution in [0.5, 0.6) is 0 Å². The van der Waals surface area contributed by atoms with E-state index in [9.17, 15) is 0 Å². The van der Waals surface area contributed by atoms with E-state index in [0.717, 1.165) is 0 Å². The third kappa shape index (κ3) is 2.53. The number of methoxy groups -OCH3 is 1. The highest BCUT2D eigenvalue weighted by Gasteiger charge is 2.03. The average molecular weight is 140 g/mol. The van der Waals surface area contributed by atoms with Crippen molar-refractivity contribution in [1.82, 2.24) is 0 Å².